The van der Waals surface area contributed by atoms with Crippen molar-refractivity contribution in [3.05, 3.63) is 0 Å². The van der Waals surface area contributed by atoms with E-state index in [0.29, 0.717) is 11.7 Å². The third-order valence-electron chi connectivity index (χ3n) is 3.11. The van der Waals surface area contributed by atoms with Crippen molar-refractivity contribution in [1.82, 2.24) is 10.2 Å². The molecule has 0 bridgehead atoms. The highest BCUT2D eigenvalue weighted by atomic mass is 32.2. The SMILES string of the molecule is CCCCC1(C)SC(=NOC(=O)NC)N(CCC)C1=O. The van der Waals surface area contributed by atoms with Crippen LogP contribution in [0.2, 0.25) is 0 Å². The van der Waals surface area contributed by atoms with E-state index in [1.807, 2.05) is 13.8 Å². The van der Waals surface area contributed by atoms with Gasteiger partial charge in [0.2, 0.25) is 11.1 Å². The fourth-order valence-electron chi connectivity index (χ4n) is 1.96. The minimum absolute atomic E-state index is 0.0528. The lowest BCUT2D eigenvalue weighted by Gasteiger charge is -2.20. The van der Waals surface area contributed by atoms with Crippen molar-refractivity contribution in [3.63, 3.8) is 0 Å². The number of carbonyl (C=O) groups excluding carboxylic acids is 2. The molecule has 1 saturated heterocycles. The van der Waals surface area contributed by atoms with Gasteiger partial charge in [-0.15, -0.1) is 0 Å². The Kier molecular flexibility index (Phi) is 6.32. The molecule has 2 amide bonds. The molecule has 114 valence electrons. The van der Waals surface area contributed by atoms with Crippen molar-refractivity contribution in [2.24, 2.45) is 5.16 Å². The maximum Gasteiger partial charge on any atom is 0.433 e. The van der Waals surface area contributed by atoms with Gasteiger partial charge in [-0.3, -0.25) is 14.5 Å². The van der Waals surface area contributed by atoms with Crippen LogP contribution in [0.3, 0.4) is 0 Å². The van der Waals surface area contributed by atoms with E-state index < -0.39 is 10.8 Å². The molecule has 1 fully saturated rings. The zero-order valence-corrected chi connectivity index (χ0v) is 13.4. The molecule has 7 heteroatoms. The van der Waals surface area contributed by atoms with Crippen molar-refractivity contribution in [2.45, 2.75) is 51.2 Å². The van der Waals surface area contributed by atoms with Gasteiger partial charge in [0.25, 0.3) is 0 Å². The van der Waals surface area contributed by atoms with E-state index in [4.69, 9.17) is 4.84 Å². The molecule has 0 aliphatic carbocycles. The standard InChI is InChI=1S/C13H23N3O3S/c1-5-7-8-13(3)10(17)16(9-6-2)11(20-13)15-19-12(18)14-4/h5-9H2,1-4H3,(H,14,18). The third kappa shape index (κ3) is 3.88. The molecule has 0 aromatic rings. The van der Waals surface area contributed by atoms with Gasteiger partial charge in [0.1, 0.15) is 0 Å². The van der Waals surface area contributed by atoms with Gasteiger partial charge in [-0.1, -0.05) is 38.5 Å². The number of amidine groups is 1. The highest BCUT2D eigenvalue weighted by molar-refractivity contribution is 8.16. The first kappa shape index (κ1) is 16.8. The van der Waals surface area contributed by atoms with Gasteiger partial charge in [0, 0.05) is 13.6 Å². The molecule has 1 unspecified atom stereocenters. The Morgan fingerprint density at radius 3 is 2.70 bits per heavy atom. The first-order valence-corrected chi connectivity index (χ1v) is 7.77. The fourth-order valence-corrected chi connectivity index (χ4v) is 3.17. The molecule has 20 heavy (non-hydrogen) atoms. The molecule has 0 aromatic heterocycles. The predicted molar refractivity (Wildman–Crippen MR) is 80.5 cm³/mol. The van der Waals surface area contributed by atoms with Crippen molar-refractivity contribution >= 4 is 28.9 Å². The van der Waals surface area contributed by atoms with E-state index in [9.17, 15) is 9.59 Å². The Bertz CT molecular complexity index is 400. The number of rotatable bonds is 6. The zero-order chi connectivity index (χ0) is 15.2. The summed E-state index contributed by atoms with van der Waals surface area (Å²) in [5.41, 5.74) is 0. The first-order valence-electron chi connectivity index (χ1n) is 6.96. The molecular formula is C13H23N3O3S. The number of amides is 2. The van der Waals surface area contributed by atoms with Crippen molar-refractivity contribution in [3.8, 4) is 0 Å². The summed E-state index contributed by atoms with van der Waals surface area (Å²) in [4.78, 5) is 29.9. The quantitative estimate of drug-likeness (QED) is 0.604. The van der Waals surface area contributed by atoms with Crippen molar-refractivity contribution < 1.29 is 14.4 Å². The molecular weight excluding hydrogens is 278 g/mol. The van der Waals surface area contributed by atoms with Gasteiger partial charge in [0.15, 0.2) is 0 Å². The van der Waals surface area contributed by atoms with E-state index in [0.717, 1.165) is 25.7 Å². The van der Waals surface area contributed by atoms with Gasteiger partial charge in [0.05, 0.1) is 4.75 Å². The minimum atomic E-state index is -0.635. The van der Waals surface area contributed by atoms with Crippen LogP contribution < -0.4 is 5.32 Å². The molecule has 1 aliphatic rings. The second-order valence-electron chi connectivity index (χ2n) is 4.90. The molecule has 1 N–H and O–H groups in total. The Balaban J connectivity index is 2.87. The summed E-state index contributed by atoms with van der Waals surface area (Å²) in [6.45, 7) is 6.61. The van der Waals surface area contributed by atoms with Crippen LogP contribution in [0.4, 0.5) is 4.79 Å². The molecule has 0 aromatic carbocycles. The molecule has 1 aliphatic heterocycles. The van der Waals surface area contributed by atoms with Crippen LogP contribution in [0.15, 0.2) is 5.16 Å². The monoisotopic (exact) mass is 301 g/mol. The second kappa shape index (κ2) is 7.52. The van der Waals surface area contributed by atoms with E-state index in [-0.39, 0.29) is 5.91 Å². The van der Waals surface area contributed by atoms with Crippen LogP contribution in [-0.2, 0) is 9.63 Å². The van der Waals surface area contributed by atoms with Crippen molar-refractivity contribution in [1.29, 1.82) is 0 Å². The van der Waals surface area contributed by atoms with Gasteiger partial charge in [-0.2, -0.15) is 0 Å². The Morgan fingerprint density at radius 1 is 1.45 bits per heavy atom. The molecule has 1 atom stereocenters. The van der Waals surface area contributed by atoms with Gasteiger partial charge in [-0.05, 0) is 24.9 Å². The van der Waals surface area contributed by atoms with Crippen molar-refractivity contribution in [2.75, 3.05) is 13.6 Å². The van der Waals surface area contributed by atoms with Crippen LogP contribution >= 0.6 is 11.8 Å². The molecule has 1 rings (SSSR count). The summed E-state index contributed by atoms with van der Waals surface area (Å²) < 4.78 is -0.504. The van der Waals surface area contributed by atoms with Crippen LogP contribution in [0.25, 0.3) is 0 Å². The largest absolute Gasteiger partial charge is 0.433 e. The maximum atomic E-state index is 12.5. The van der Waals surface area contributed by atoms with Crippen LogP contribution in [0.5, 0.6) is 0 Å². The second-order valence-corrected chi connectivity index (χ2v) is 6.37. The predicted octanol–water partition coefficient (Wildman–Crippen LogP) is 2.55. The topological polar surface area (TPSA) is 71.0 Å². The highest BCUT2D eigenvalue weighted by Gasteiger charge is 2.47. The van der Waals surface area contributed by atoms with Crippen LogP contribution in [0.1, 0.15) is 46.5 Å². The maximum absolute atomic E-state index is 12.5. The number of nitrogens with zero attached hydrogens (tertiary/aromatic N) is 2. The lowest BCUT2D eigenvalue weighted by atomic mass is 10.0. The number of hydrogen-bond acceptors (Lipinski definition) is 5. The van der Waals surface area contributed by atoms with E-state index in [2.05, 4.69) is 17.4 Å². The number of hydrogen-bond donors (Lipinski definition) is 1. The number of unbranched alkanes of at least 4 members (excludes halogenated alkanes) is 1. The summed E-state index contributed by atoms with van der Waals surface area (Å²) in [5, 5.41) is 6.61. The Hall–Kier alpha value is -1.24. The summed E-state index contributed by atoms with van der Waals surface area (Å²) in [6.07, 6.45) is 3.02. The minimum Gasteiger partial charge on any atom is -0.323 e. The molecule has 0 spiro atoms. The summed E-state index contributed by atoms with van der Waals surface area (Å²) in [5.74, 6) is 0.0528. The average molecular weight is 301 g/mol. The number of carbonyl (C=O) groups is 2. The Morgan fingerprint density at radius 2 is 2.15 bits per heavy atom. The number of thioether (sulfide) groups is 1. The average Bonchev–Trinajstić information content (AvgIpc) is 2.68. The molecule has 0 saturated carbocycles. The lowest BCUT2D eigenvalue weighted by molar-refractivity contribution is -0.129. The lowest BCUT2D eigenvalue weighted by Crippen LogP contribution is -2.38. The van der Waals surface area contributed by atoms with Crippen LogP contribution in [-0.4, -0.2) is 40.4 Å². The molecule has 6 nitrogen and oxygen atoms in total. The first-order chi connectivity index (χ1) is 9.48. The summed E-state index contributed by atoms with van der Waals surface area (Å²) in [6, 6.07) is 0. The zero-order valence-electron chi connectivity index (χ0n) is 12.6. The number of oxime groups is 1. The molecule has 1 heterocycles. The van der Waals surface area contributed by atoms with Crippen LogP contribution in [0, 0.1) is 0 Å². The Labute approximate surface area is 124 Å². The fraction of sp³-hybridized carbons (Fsp3) is 0.769. The highest BCUT2D eigenvalue weighted by Crippen LogP contribution is 2.41. The normalized spacial score (nSPS) is 24.3. The van der Waals surface area contributed by atoms with E-state index in [1.54, 1.807) is 4.90 Å². The van der Waals surface area contributed by atoms with E-state index in [1.165, 1.54) is 18.8 Å². The smallest absolute Gasteiger partial charge is 0.323 e. The third-order valence-corrected chi connectivity index (χ3v) is 4.42. The summed E-state index contributed by atoms with van der Waals surface area (Å²) >= 11 is 1.38. The number of nitrogens with one attached hydrogen (secondary N) is 1. The molecule has 0 radical (unpaired) electrons. The van der Waals surface area contributed by atoms with Gasteiger partial charge >= 0.3 is 6.09 Å². The van der Waals surface area contributed by atoms with Gasteiger partial charge < -0.3 is 5.32 Å². The van der Waals surface area contributed by atoms with E-state index >= 15 is 0 Å². The van der Waals surface area contributed by atoms with Gasteiger partial charge in [-0.25, -0.2) is 4.79 Å². The summed E-state index contributed by atoms with van der Waals surface area (Å²) in [7, 11) is 1.46.